The molecule has 0 saturated carbocycles. The fourth-order valence-corrected chi connectivity index (χ4v) is 2.17. The Morgan fingerprint density at radius 2 is 1.76 bits per heavy atom. The van der Waals surface area contributed by atoms with E-state index in [2.05, 4.69) is 20.6 Å². The minimum atomic E-state index is -0.312. The van der Waals surface area contributed by atoms with Crippen molar-refractivity contribution in [3.8, 4) is 0 Å². The predicted molar refractivity (Wildman–Crippen MR) is 84.9 cm³/mol. The predicted octanol–water partition coefficient (Wildman–Crippen LogP) is 4.17. The highest BCUT2D eigenvalue weighted by molar-refractivity contribution is 6.30. The first-order valence-electron chi connectivity index (χ1n) is 6.40. The standard InChI is InChI=1S/C15H13ClN4O/c1-9-17-13-7-6-12(8-14(13)18-9)20-15(21)19-11-4-2-10(16)3-5-11/h2-8H,1H3,(H,17,18)(H2,19,20,21). The van der Waals surface area contributed by atoms with Crippen LogP contribution in [0.25, 0.3) is 11.0 Å². The van der Waals surface area contributed by atoms with E-state index in [0.717, 1.165) is 16.9 Å². The number of carbonyl (C=O) groups is 1. The summed E-state index contributed by atoms with van der Waals surface area (Å²) >= 11 is 5.80. The number of rotatable bonds is 2. The van der Waals surface area contributed by atoms with Crippen molar-refractivity contribution in [3.63, 3.8) is 0 Å². The molecule has 106 valence electrons. The van der Waals surface area contributed by atoms with Gasteiger partial charge in [0.15, 0.2) is 0 Å². The largest absolute Gasteiger partial charge is 0.342 e. The monoisotopic (exact) mass is 300 g/mol. The summed E-state index contributed by atoms with van der Waals surface area (Å²) in [5.74, 6) is 0.841. The van der Waals surface area contributed by atoms with E-state index >= 15 is 0 Å². The molecule has 2 amide bonds. The maximum absolute atomic E-state index is 11.9. The van der Waals surface area contributed by atoms with E-state index in [1.807, 2.05) is 25.1 Å². The zero-order valence-electron chi connectivity index (χ0n) is 11.3. The molecule has 3 N–H and O–H groups in total. The van der Waals surface area contributed by atoms with Crippen LogP contribution in [-0.4, -0.2) is 16.0 Å². The topological polar surface area (TPSA) is 69.8 Å². The number of amides is 2. The molecule has 21 heavy (non-hydrogen) atoms. The van der Waals surface area contributed by atoms with E-state index < -0.39 is 0 Å². The Hall–Kier alpha value is -2.53. The molecular weight excluding hydrogens is 288 g/mol. The number of nitrogens with zero attached hydrogens (tertiary/aromatic N) is 1. The van der Waals surface area contributed by atoms with Gasteiger partial charge in [-0.3, -0.25) is 0 Å². The summed E-state index contributed by atoms with van der Waals surface area (Å²) in [6.45, 7) is 1.89. The van der Waals surface area contributed by atoms with E-state index in [1.165, 1.54) is 0 Å². The molecule has 0 aliphatic heterocycles. The second kappa shape index (κ2) is 5.46. The van der Waals surface area contributed by atoms with Gasteiger partial charge in [0.2, 0.25) is 0 Å². The van der Waals surface area contributed by atoms with E-state index in [-0.39, 0.29) is 6.03 Å². The second-order valence-corrected chi connectivity index (χ2v) is 5.08. The molecule has 3 aromatic rings. The zero-order chi connectivity index (χ0) is 14.8. The van der Waals surface area contributed by atoms with Crippen LogP contribution in [0.5, 0.6) is 0 Å². The normalized spacial score (nSPS) is 10.6. The molecule has 3 rings (SSSR count). The maximum Gasteiger partial charge on any atom is 0.323 e. The molecule has 0 saturated heterocycles. The average molecular weight is 301 g/mol. The number of anilines is 2. The fourth-order valence-electron chi connectivity index (χ4n) is 2.04. The van der Waals surface area contributed by atoms with Crippen LogP contribution in [0.2, 0.25) is 5.02 Å². The quantitative estimate of drug-likeness (QED) is 0.665. The number of halogens is 1. The lowest BCUT2D eigenvalue weighted by Crippen LogP contribution is -2.19. The number of urea groups is 1. The van der Waals surface area contributed by atoms with Crippen molar-refractivity contribution in [2.45, 2.75) is 6.92 Å². The van der Waals surface area contributed by atoms with Crippen LogP contribution in [0.4, 0.5) is 16.2 Å². The number of benzene rings is 2. The van der Waals surface area contributed by atoms with Crippen LogP contribution in [0.15, 0.2) is 42.5 Å². The molecule has 0 unspecified atom stereocenters. The van der Waals surface area contributed by atoms with E-state index in [9.17, 15) is 4.79 Å². The molecule has 5 nitrogen and oxygen atoms in total. The highest BCUT2D eigenvalue weighted by Gasteiger charge is 2.05. The summed E-state index contributed by atoms with van der Waals surface area (Å²) in [4.78, 5) is 19.4. The molecule has 0 atom stereocenters. The van der Waals surface area contributed by atoms with Gasteiger partial charge in [-0.1, -0.05) is 11.6 Å². The van der Waals surface area contributed by atoms with Crippen LogP contribution in [0, 0.1) is 6.92 Å². The van der Waals surface area contributed by atoms with Crippen LogP contribution < -0.4 is 10.6 Å². The SMILES string of the molecule is Cc1nc2ccc(NC(=O)Nc3ccc(Cl)cc3)cc2[nH]1. The minimum absolute atomic E-state index is 0.312. The van der Waals surface area contributed by atoms with E-state index in [4.69, 9.17) is 11.6 Å². The minimum Gasteiger partial charge on any atom is -0.342 e. The number of nitrogens with one attached hydrogen (secondary N) is 3. The maximum atomic E-state index is 11.9. The van der Waals surface area contributed by atoms with Crippen molar-refractivity contribution in [2.24, 2.45) is 0 Å². The van der Waals surface area contributed by atoms with Crippen molar-refractivity contribution in [1.82, 2.24) is 9.97 Å². The van der Waals surface area contributed by atoms with Crippen LogP contribution in [0.1, 0.15) is 5.82 Å². The van der Waals surface area contributed by atoms with Crippen LogP contribution in [0.3, 0.4) is 0 Å². The number of imidazole rings is 1. The summed E-state index contributed by atoms with van der Waals surface area (Å²) < 4.78 is 0. The van der Waals surface area contributed by atoms with Gasteiger partial charge in [0, 0.05) is 16.4 Å². The van der Waals surface area contributed by atoms with Gasteiger partial charge < -0.3 is 15.6 Å². The number of aromatic amines is 1. The van der Waals surface area contributed by atoms with Gasteiger partial charge in [-0.25, -0.2) is 9.78 Å². The Bertz CT molecular complexity index is 795. The Labute approximate surface area is 126 Å². The molecule has 6 heteroatoms. The van der Waals surface area contributed by atoms with Crippen molar-refractivity contribution >= 4 is 40.0 Å². The molecule has 1 aromatic heterocycles. The first kappa shape index (κ1) is 13.5. The van der Waals surface area contributed by atoms with E-state index in [0.29, 0.717) is 16.4 Å². The van der Waals surface area contributed by atoms with E-state index in [1.54, 1.807) is 24.3 Å². The summed E-state index contributed by atoms with van der Waals surface area (Å²) in [5.41, 5.74) is 3.13. The number of aryl methyl sites for hydroxylation is 1. The molecule has 1 heterocycles. The van der Waals surface area contributed by atoms with Crippen LogP contribution in [-0.2, 0) is 0 Å². The van der Waals surface area contributed by atoms with Gasteiger partial charge in [-0.15, -0.1) is 0 Å². The van der Waals surface area contributed by atoms with Gasteiger partial charge in [0.05, 0.1) is 11.0 Å². The van der Waals surface area contributed by atoms with Crippen LogP contribution >= 0.6 is 11.6 Å². The number of carbonyl (C=O) groups excluding carboxylic acids is 1. The summed E-state index contributed by atoms with van der Waals surface area (Å²) in [6.07, 6.45) is 0. The molecule has 0 aliphatic carbocycles. The van der Waals surface area contributed by atoms with Gasteiger partial charge >= 0.3 is 6.03 Å². The number of H-pyrrole nitrogens is 1. The lowest BCUT2D eigenvalue weighted by Gasteiger charge is -2.07. The third-order valence-corrected chi connectivity index (χ3v) is 3.21. The third kappa shape index (κ3) is 3.14. The molecular formula is C15H13ClN4O. The molecule has 0 radical (unpaired) electrons. The second-order valence-electron chi connectivity index (χ2n) is 4.64. The average Bonchev–Trinajstić information content (AvgIpc) is 2.80. The Morgan fingerprint density at radius 1 is 1.10 bits per heavy atom. The van der Waals surface area contributed by atoms with Gasteiger partial charge in [-0.2, -0.15) is 0 Å². The van der Waals surface area contributed by atoms with Gasteiger partial charge in [0.1, 0.15) is 5.82 Å². The summed E-state index contributed by atoms with van der Waals surface area (Å²) in [6, 6.07) is 12.1. The number of aromatic nitrogens is 2. The molecule has 0 bridgehead atoms. The first-order valence-corrected chi connectivity index (χ1v) is 6.78. The Balaban J connectivity index is 1.71. The third-order valence-electron chi connectivity index (χ3n) is 2.96. The first-order chi connectivity index (χ1) is 10.1. The fraction of sp³-hybridized carbons (Fsp3) is 0.0667. The Morgan fingerprint density at radius 3 is 2.52 bits per heavy atom. The molecule has 2 aromatic carbocycles. The smallest absolute Gasteiger partial charge is 0.323 e. The highest BCUT2D eigenvalue weighted by Crippen LogP contribution is 2.18. The van der Waals surface area contributed by atoms with Crippen molar-refractivity contribution in [2.75, 3.05) is 10.6 Å². The van der Waals surface area contributed by atoms with Gasteiger partial charge in [0.25, 0.3) is 0 Å². The van der Waals surface area contributed by atoms with Crippen molar-refractivity contribution in [3.05, 3.63) is 53.3 Å². The number of fused-ring (bicyclic) bond motifs is 1. The van der Waals surface area contributed by atoms with Gasteiger partial charge in [-0.05, 0) is 49.4 Å². The Kier molecular flexibility index (Phi) is 3.50. The molecule has 0 spiro atoms. The molecule has 0 fully saturated rings. The summed E-state index contributed by atoms with van der Waals surface area (Å²) in [7, 11) is 0. The zero-order valence-corrected chi connectivity index (χ0v) is 12.0. The van der Waals surface area contributed by atoms with Crippen molar-refractivity contribution < 1.29 is 4.79 Å². The lowest BCUT2D eigenvalue weighted by molar-refractivity contribution is 0.262. The highest BCUT2D eigenvalue weighted by atomic mass is 35.5. The molecule has 0 aliphatic rings. The number of hydrogen-bond donors (Lipinski definition) is 3. The number of hydrogen-bond acceptors (Lipinski definition) is 2. The van der Waals surface area contributed by atoms with Crippen molar-refractivity contribution in [1.29, 1.82) is 0 Å². The lowest BCUT2D eigenvalue weighted by atomic mass is 10.3. The summed E-state index contributed by atoms with van der Waals surface area (Å²) in [5, 5.41) is 6.14.